The van der Waals surface area contributed by atoms with Crippen molar-refractivity contribution in [3.8, 4) is 0 Å². The average Bonchev–Trinajstić information content (AvgIpc) is 2.54. The van der Waals surface area contributed by atoms with Gasteiger partial charge in [-0.2, -0.15) is 0 Å². The molecule has 2 aromatic carbocycles. The van der Waals surface area contributed by atoms with Gasteiger partial charge in [-0.25, -0.2) is 4.79 Å². The molecule has 2 aromatic rings. The highest BCUT2D eigenvalue weighted by Crippen LogP contribution is 2.15. The molecule has 0 radical (unpaired) electrons. The molecule has 2 rings (SSSR count). The molecule has 0 aliphatic heterocycles. The fourth-order valence-corrected chi connectivity index (χ4v) is 2.03. The fraction of sp³-hybridized carbons (Fsp3) is 0.222. The van der Waals surface area contributed by atoms with E-state index in [0.29, 0.717) is 11.1 Å². The van der Waals surface area contributed by atoms with Crippen molar-refractivity contribution in [3.63, 3.8) is 0 Å². The van der Waals surface area contributed by atoms with Gasteiger partial charge in [0.25, 0.3) is 0 Å². The van der Waals surface area contributed by atoms with Crippen LogP contribution < -0.4 is 4.90 Å². The van der Waals surface area contributed by atoms with E-state index in [-0.39, 0.29) is 5.78 Å². The van der Waals surface area contributed by atoms with E-state index in [4.69, 9.17) is 4.74 Å². The minimum atomic E-state index is -0.821. The Balaban J connectivity index is 2.08. The molecule has 0 aliphatic rings. The van der Waals surface area contributed by atoms with Crippen LogP contribution in [0.5, 0.6) is 0 Å². The van der Waals surface area contributed by atoms with Crippen LogP contribution in [0.25, 0.3) is 0 Å². The van der Waals surface area contributed by atoms with Crippen molar-refractivity contribution in [2.24, 2.45) is 0 Å². The summed E-state index contributed by atoms with van der Waals surface area (Å²) < 4.78 is 5.28. The van der Waals surface area contributed by atoms with Gasteiger partial charge in [0.1, 0.15) is 0 Å². The van der Waals surface area contributed by atoms with E-state index in [2.05, 4.69) is 0 Å². The van der Waals surface area contributed by atoms with Gasteiger partial charge < -0.3 is 9.64 Å². The Hall–Kier alpha value is -2.62. The molecule has 4 heteroatoms. The number of hydrogen-bond donors (Lipinski definition) is 0. The molecule has 1 unspecified atom stereocenters. The zero-order chi connectivity index (χ0) is 16.1. The normalized spacial score (nSPS) is 11.6. The van der Waals surface area contributed by atoms with Crippen LogP contribution in [0.1, 0.15) is 27.6 Å². The van der Waals surface area contributed by atoms with Gasteiger partial charge in [-0.05, 0) is 25.1 Å². The number of carbonyl (C=O) groups is 2. The van der Waals surface area contributed by atoms with Crippen LogP contribution >= 0.6 is 0 Å². The highest BCUT2D eigenvalue weighted by molar-refractivity contribution is 6.01. The van der Waals surface area contributed by atoms with Gasteiger partial charge in [-0.3, -0.25) is 4.79 Å². The Kier molecular flexibility index (Phi) is 4.94. The molecule has 4 nitrogen and oxygen atoms in total. The van der Waals surface area contributed by atoms with Crippen LogP contribution in [0.4, 0.5) is 5.69 Å². The lowest BCUT2D eigenvalue weighted by atomic mass is 10.1. The first-order valence-corrected chi connectivity index (χ1v) is 7.06. The third-order valence-electron chi connectivity index (χ3n) is 3.31. The van der Waals surface area contributed by atoms with Gasteiger partial charge in [0.2, 0.25) is 5.78 Å². The lowest BCUT2D eigenvalue weighted by molar-refractivity contribution is 0.0319. The lowest BCUT2D eigenvalue weighted by Crippen LogP contribution is -2.24. The SMILES string of the molecule is CC(OC(=O)c1cccc(N(C)C)c1)C(=O)c1ccccc1. The molecule has 0 saturated heterocycles. The van der Waals surface area contributed by atoms with E-state index in [1.54, 1.807) is 49.4 Å². The number of benzene rings is 2. The summed E-state index contributed by atoms with van der Waals surface area (Å²) in [4.78, 5) is 26.3. The van der Waals surface area contributed by atoms with Crippen molar-refractivity contribution in [1.29, 1.82) is 0 Å². The molecule has 1 atom stereocenters. The van der Waals surface area contributed by atoms with Crippen molar-refractivity contribution in [2.75, 3.05) is 19.0 Å². The zero-order valence-electron chi connectivity index (χ0n) is 12.9. The maximum atomic E-state index is 12.2. The smallest absolute Gasteiger partial charge is 0.338 e. The van der Waals surface area contributed by atoms with E-state index in [1.807, 2.05) is 31.1 Å². The zero-order valence-corrected chi connectivity index (χ0v) is 12.9. The highest BCUT2D eigenvalue weighted by atomic mass is 16.5. The maximum Gasteiger partial charge on any atom is 0.338 e. The van der Waals surface area contributed by atoms with Crippen LogP contribution in [0.15, 0.2) is 54.6 Å². The summed E-state index contributed by atoms with van der Waals surface area (Å²) in [6, 6.07) is 15.9. The van der Waals surface area contributed by atoms with E-state index in [1.165, 1.54) is 0 Å². The highest BCUT2D eigenvalue weighted by Gasteiger charge is 2.20. The minimum absolute atomic E-state index is 0.210. The molecular weight excluding hydrogens is 278 g/mol. The maximum absolute atomic E-state index is 12.2. The third kappa shape index (κ3) is 3.73. The molecule has 0 aromatic heterocycles. The molecule has 0 spiro atoms. The molecule has 22 heavy (non-hydrogen) atoms. The standard InChI is InChI=1S/C18H19NO3/c1-13(17(20)14-8-5-4-6-9-14)22-18(21)15-10-7-11-16(12-15)19(2)3/h4-13H,1-3H3. The van der Waals surface area contributed by atoms with Crippen molar-refractivity contribution >= 4 is 17.4 Å². The summed E-state index contributed by atoms with van der Waals surface area (Å²) in [6.07, 6.45) is -0.821. The summed E-state index contributed by atoms with van der Waals surface area (Å²) in [6.45, 7) is 1.59. The summed E-state index contributed by atoms with van der Waals surface area (Å²) in [5, 5.41) is 0. The van der Waals surface area contributed by atoms with Crippen molar-refractivity contribution < 1.29 is 14.3 Å². The number of Topliss-reactive ketones (excluding diaryl/α,β-unsaturated/α-hetero) is 1. The summed E-state index contributed by atoms with van der Waals surface area (Å²) >= 11 is 0. The first-order chi connectivity index (χ1) is 10.5. The number of nitrogens with zero attached hydrogens (tertiary/aromatic N) is 1. The number of rotatable bonds is 5. The number of hydrogen-bond acceptors (Lipinski definition) is 4. The molecule has 0 bridgehead atoms. The van der Waals surface area contributed by atoms with Gasteiger partial charge in [0, 0.05) is 25.3 Å². The Bertz CT molecular complexity index is 665. The van der Waals surface area contributed by atoms with Gasteiger partial charge in [0.15, 0.2) is 6.10 Å². The largest absolute Gasteiger partial charge is 0.451 e. The summed E-state index contributed by atoms with van der Waals surface area (Å²) in [5.41, 5.74) is 1.86. The van der Waals surface area contributed by atoms with Crippen LogP contribution in [0.2, 0.25) is 0 Å². The molecule has 0 fully saturated rings. The van der Waals surface area contributed by atoms with E-state index < -0.39 is 12.1 Å². The van der Waals surface area contributed by atoms with Crippen LogP contribution in [0, 0.1) is 0 Å². The van der Waals surface area contributed by atoms with Crippen LogP contribution in [-0.2, 0) is 4.74 Å². The average molecular weight is 297 g/mol. The van der Waals surface area contributed by atoms with Crippen LogP contribution in [-0.4, -0.2) is 32.0 Å². The van der Waals surface area contributed by atoms with Crippen molar-refractivity contribution in [1.82, 2.24) is 0 Å². The molecule has 0 amide bonds. The fourth-order valence-electron chi connectivity index (χ4n) is 2.03. The molecule has 114 valence electrons. The van der Waals surface area contributed by atoms with Gasteiger partial charge >= 0.3 is 5.97 Å². The Morgan fingerprint density at radius 3 is 2.23 bits per heavy atom. The lowest BCUT2D eigenvalue weighted by Gasteiger charge is -2.15. The predicted octanol–water partition coefficient (Wildman–Crippen LogP) is 3.18. The number of ketones is 1. The predicted molar refractivity (Wildman–Crippen MR) is 86.4 cm³/mol. The van der Waals surface area contributed by atoms with Crippen molar-refractivity contribution in [2.45, 2.75) is 13.0 Å². The molecule has 0 heterocycles. The van der Waals surface area contributed by atoms with Gasteiger partial charge in [-0.1, -0.05) is 36.4 Å². The van der Waals surface area contributed by atoms with E-state index in [9.17, 15) is 9.59 Å². The third-order valence-corrected chi connectivity index (χ3v) is 3.31. The number of anilines is 1. The Morgan fingerprint density at radius 2 is 1.59 bits per heavy atom. The second-order valence-corrected chi connectivity index (χ2v) is 5.22. The first-order valence-electron chi connectivity index (χ1n) is 7.06. The van der Waals surface area contributed by atoms with Crippen LogP contribution in [0.3, 0.4) is 0 Å². The molecule has 0 N–H and O–H groups in total. The minimum Gasteiger partial charge on any atom is -0.451 e. The van der Waals surface area contributed by atoms with Crippen molar-refractivity contribution in [3.05, 3.63) is 65.7 Å². The topological polar surface area (TPSA) is 46.6 Å². The molecule has 0 saturated carbocycles. The summed E-state index contributed by atoms with van der Waals surface area (Å²) in [5.74, 6) is -0.710. The first kappa shape index (κ1) is 15.8. The second-order valence-electron chi connectivity index (χ2n) is 5.22. The number of ether oxygens (including phenoxy) is 1. The summed E-state index contributed by atoms with van der Waals surface area (Å²) in [7, 11) is 3.79. The molecule has 0 aliphatic carbocycles. The van der Waals surface area contributed by atoms with E-state index in [0.717, 1.165) is 5.69 Å². The van der Waals surface area contributed by atoms with Gasteiger partial charge in [0.05, 0.1) is 5.56 Å². The van der Waals surface area contributed by atoms with E-state index >= 15 is 0 Å². The monoisotopic (exact) mass is 297 g/mol. The Labute approximate surface area is 130 Å². The Morgan fingerprint density at radius 1 is 0.955 bits per heavy atom. The second kappa shape index (κ2) is 6.89. The van der Waals surface area contributed by atoms with Gasteiger partial charge in [-0.15, -0.1) is 0 Å². The quantitative estimate of drug-likeness (QED) is 0.628. The number of carbonyl (C=O) groups excluding carboxylic acids is 2. The number of esters is 1. The molecular formula is C18H19NO3.